The number of amides is 1. The highest BCUT2D eigenvalue weighted by molar-refractivity contribution is 5.83. The molecule has 21 heavy (non-hydrogen) atoms. The minimum absolute atomic E-state index is 0.240. The van der Waals surface area contributed by atoms with Gasteiger partial charge in [0.15, 0.2) is 0 Å². The molecule has 1 aromatic rings. The molecule has 0 aromatic carbocycles. The largest absolute Gasteiger partial charge is 0.377 e. The minimum atomic E-state index is -0.535. The molecule has 8 nitrogen and oxygen atoms in total. The third-order valence-electron chi connectivity index (χ3n) is 3.28. The normalized spacial score (nSPS) is 19.4. The van der Waals surface area contributed by atoms with Gasteiger partial charge in [-0.1, -0.05) is 20.8 Å². The Hall–Kier alpha value is -1.93. The summed E-state index contributed by atoms with van der Waals surface area (Å²) in [6, 6.07) is 1.17. The van der Waals surface area contributed by atoms with Crippen molar-refractivity contribution in [3.8, 4) is 0 Å². The Bertz CT molecular complexity index is 528. The number of primary amides is 1. The molecule has 116 valence electrons. The number of hydrogen-bond acceptors (Lipinski definition) is 7. The second-order valence-electron chi connectivity index (χ2n) is 6.02. The molecular formula is C13H22N6O2. The van der Waals surface area contributed by atoms with Crippen LogP contribution in [0.5, 0.6) is 0 Å². The lowest BCUT2D eigenvalue weighted by atomic mass is 9.95. The molecule has 1 amide bonds. The number of nitrogens with one attached hydrogen (secondary N) is 1. The summed E-state index contributed by atoms with van der Waals surface area (Å²) in [5.74, 6) is 6.80. The zero-order chi connectivity index (χ0) is 15.6. The lowest BCUT2D eigenvalue weighted by Crippen LogP contribution is -2.53. The van der Waals surface area contributed by atoms with Crippen LogP contribution in [0.4, 0.5) is 11.6 Å². The van der Waals surface area contributed by atoms with Gasteiger partial charge in [-0.3, -0.25) is 4.79 Å². The fraction of sp³-hybridized carbons (Fsp3) is 0.615. The fourth-order valence-electron chi connectivity index (χ4n) is 2.10. The first-order valence-corrected chi connectivity index (χ1v) is 6.83. The van der Waals surface area contributed by atoms with Crippen LogP contribution in [0.25, 0.3) is 0 Å². The molecule has 5 N–H and O–H groups in total. The van der Waals surface area contributed by atoms with E-state index >= 15 is 0 Å². The number of carbonyl (C=O) groups is 1. The lowest BCUT2D eigenvalue weighted by Gasteiger charge is -2.35. The van der Waals surface area contributed by atoms with Crippen LogP contribution >= 0.6 is 0 Å². The van der Waals surface area contributed by atoms with Crippen molar-refractivity contribution >= 4 is 17.5 Å². The SMILES string of the molecule is CC(C)(C)c1nc(NN)cc(N2CCOCC2C(N)=O)n1. The molecule has 2 rings (SSSR count). The van der Waals surface area contributed by atoms with E-state index in [1.165, 1.54) is 0 Å². The first-order chi connectivity index (χ1) is 9.82. The highest BCUT2D eigenvalue weighted by atomic mass is 16.5. The Kier molecular flexibility index (Phi) is 4.29. The smallest absolute Gasteiger partial charge is 0.242 e. The summed E-state index contributed by atoms with van der Waals surface area (Å²) in [6.07, 6.45) is 0. The van der Waals surface area contributed by atoms with E-state index in [0.29, 0.717) is 30.6 Å². The van der Waals surface area contributed by atoms with Crippen LogP contribution in [-0.2, 0) is 14.9 Å². The van der Waals surface area contributed by atoms with Crippen LogP contribution in [0.1, 0.15) is 26.6 Å². The molecule has 2 heterocycles. The van der Waals surface area contributed by atoms with Gasteiger partial charge in [0.2, 0.25) is 5.91 Å². The molecule has 1 unspecified atom stereocenters. The van der Waals surface area contributed by atoms with E-state index in [0.717, 1.165) is 0 Å². The number of nitrogens with two attached hydrogens (primary N) is 2. The molecule has 1 fully saturated rings. The van der Waals surface area contributed by atoms with Gasteiger partial charge in [0.25, 0.3) is 0 Å². The van der Waals surface area contributed by atoms with Gasteiger partial charge >= 0.3 is 0 Å². The fourth-order valence-corrected chi connectivity index (χ4v) is 2.10. The Morgan fingerprint density at radius 1 is 1.48 bits per heavy atom. The van der Waals surface area contributed by atoms with Crippen LogP contribution in [0.2, 0.25) is 0 Å². The van der Waals surface area contributed by atoms with Crippen LogP contribution in [-0.4, -0.2) is 41.7 Å². The molecule has 1 atom stereocenters. The van der Waals surface area contributed by atoms with Crippen LogP contribution in [0.15, 0.2) is 6.07 Å². The second-order valence-corrected chi connectivity index (χ2v) is 6.02. The van der Waals surface area contributed by atoms with Crippen molar-refractivity contribution in [1.29, 1.82) is 0 Å². The summed E-state index contributed by atoms with van der Waals surface area (Å²) < 4.78 is 5.32. The molecule has 1 aromatic heterocycles. The number of morpholine rings is 1. The summed E-state index contributed by atoms with van der Waals surface area (Å²) in [7, 11) is 0. The maximum absolute atomic E-state index is 11.6. The Morgan fingerprint density at radius 3 is 2.76 bits per heavy atom. The van der Waals surface area contributed by atoms with Gasteiger partial charge in [-0.25, -0.2) is 15.8 Å². The van der Waals surface area contributed by atoms with Gasteiger partial charge in [0.05, 0.1) is 13.2 Å². The maximum atomic E-state index is 11.6. The number of carbonyl (C=O) groups excluding carboxylic acids is 1. The summed E-state index contributed by atoms with van der Waals surface area (Å²) in [5.41, 5.74) is 7.74. The van der Waals surface area contributed by atoms with Gasteiger partial charge in [-0.2, -0.15) is 0 Å². The van der Waals surface area contributed by atoms with E-state index in [4.69, 9.17) is 16.3 Å². The molecular weight excluding hydrogens is 272 g/mol. The van der Waals surface area contributed by atoms with E-state index in [2.05, 4.69) is 15.4 Å². The van der Waals surface area contributed by atoms with E-state index < -0.39 is 11.9 Å². The zero-order valence-corrected chi connectivity index (χ0v) is 12.6. The van der Waals surface area contributed by atoms with Crippen molar-refractivity contribution in [3.63, 3.8) is 0 Å². The lowest BCUT2D eigenvalue weighted by molar-refractivity contribution is -0.121. The molecule has 0 spiro atoms. The number of nitrogens with zero attached hydrogens (tertiary/aromatic N) is 3. The topological polar surface area (TPSA) is 119 Å². The van der Waals surface area contributed by atoms with Crippen molar-refractivity contribution in [1.82, 2.24) is 9.97 Å². The van der Waals surface area contributed by atoms with Crippen LogP contribution in [0.3, 0.4) is 0 Å². The zero-order valence-electron chi connectivity index (χ0n) is 12.6. The quantitative estimate of drug-likeness (QED) is 0.519. The predicted octanol–water partition coefficient (Wildman–Crippen LogP) is -0.250. The van der Waals surface area contributed by atoms with Gasteiger partial charge in [-0.15, -0.1) is 0 Å². The number of hydrogen-bond donors (Lipinski definition) is 3. The van der Waals surface area contributed by atoms with Crippen molar-refractivity contribution in [3.05, 3.63) is 11.9 Å². The highest BCUT2D eigenvalue weighted by Gasteiger charge is 2.30. The first kappa shape index (κ1) is 15.5. The van der Waals surface area contributed by atoms with Gasteiger partial charge < -0.3 is 20.8 Å². The van der Waals surface area contributed by atoms with E-state index in [1.54, 1.807) is 6.07 Å². The first-order valence-electron chi connectivity index (χ1n) is 6.83. The number of nitrogen functional groups attached to an aromatic ring is 1. The van der Waals surface area contributed by atoms with E-state index in [9.17, 15) is 4.79 Å². The van der Waals surface area contributed by atoms with Gasteiger partial charge in [0, 0.05) is 18.0 Å². The highest BCUT2D eigenvalue weighted by Crippen LogP contribution is 2.25. The third-order valence-corrected chi connectivity index (χ3v) is 3.28. The number of aromatic nitrogens is 2. The average Bonchev–Trinajstić information content (AvgIpc) is 2.45. The van der Waals surface area contributed by atoms with Crippen molar-refractivity contribution in [2.45, 2.75) is 32.2 Å². The second kappa shape index (κ2) is 5.82. The van der Waals surface area contributed by atoms with E-state index in [1.807, 2.05) is 25.7 Å². The van der Waals surface area contributed by atoms with Gasteiger partial charge in [-0.05, 0) is 0 Å². The number of hydrazine groups is 1. The van der Waals surface area contributed by atoms with E-state index in [-0.39, 0.29) is 12.0 Å². The standard InChI is InChI=1S/C13H22N6O2/c1-13(2,3)12-16-9(18-15)6-10(17-12)19-4-5-21-7-8(19)11(14)20/h6,8H,4-5,7,15H2,1-3H3,(H2,14,20)(H,16,17,18). The number of rotatable bonds is 3. The average molecular weight is 294 g/mol. The van der Waals surface area contributed by atoms with Gasteiger partial charge in [0.1, 0.15) is 23.5 Å². The Labute approximate surface area is 123 Å². The summed E-state index contributed by atoms with van der Waals surface area (Å²) in [4.78, 5) is 22.4. The van der Waals surface area contributed by atoms with Crippen LogP contribution in [0, 0.1) is 0 Å². The molecule has 1 saturated heterocycles. The molecule has 1 aliphatic rings. The summed E-state index contributed by atoms with van der Waals surface area (Å²) in [6.45, 7) is 7.35. The minimum Gasteiger partial charge on any atom is -0.377 e. The number of ether oxygens (including phenoxy) is 1. The number of anilines is 2. The third kappa shape index (κ3) is 3.40. The molecule has 0 bridgehead atoms. The Morgan fingerprint density at radius 2 is 2.19 bits per heavy atom. The molecule has 1 aliphatic heterocycles. The molecule has 8 heteroatoms. The van der Waals surface area contributed by atoms with Crippen molar-refractivity contribution < 1.29 is 9.53 Å². The molecule has 0 saturated carbocycles. The summed E-state index contributed by atoms with van der Waals surface area (Å²) >= 11 is 0. The van der Waals surface area contributed by atoms with Crippen LogP contribution < -0.4 is 21.9 Å². The maximum Gasteiger partial charge on any atom is 0.242 e. The van der Waals surface area contributed by atoms with Crippen molar-refractivity contribution in [2.24, 2.45) is 11.6 Å². The molecule has 0 aliphatic carbocycles. The Balaban J connectivity index is 2.43. The molecule has 0 radical (unpaired) electrons. The monoisotopic (exact) mass is 294 g/mol. The predicted molar refractivity (Wildman–Crippen MR) is 79.7 cm³/mol. The summed E-state index contributed by atoms with van der Waals surface area (Å²) in [5, 5.41) is 0. The van der Waals surface area contributed by atoms with Crippen molar-refractivity contribution in [2.75, 3.05) is 30.1 Å².